The Balaban J connectivity index is 1.38. The Bertz CT molecular complexity index is 1200. The lowest BCUT2D eigenvalue weighted by molar-refractivity contribution is 0.0974. The first kappa shape index (κ1) is 41.8. The van der Waals surface area contributed by atoms with E-state index >= 15 is 0 Å². The van der Waals surface area contributed by atoms with Crippen LogP contribution in [0.1, 0.15) is 225 Å². The summed E-state index contributed by atoms with van der Waals surface area (Å²) in [5.74, 6) is 0.780. The van der Waals surface area contributed by atoms with Gasteiger partial charge in [0.2, 0.25) is 0 Å². The van der Waals surface area contributed by atoms with E-state index in [1.54, 1.807) is 18.2 Å². The van der Waals surface area contributed by atoms with Gasteiger partial charge >= 0.3 is 0 Å². The molecule has 1 aliphatic rings. The fourth-order valence-electron chi connectivity index (χ4n) is 7.34. The first-order chi connectivity index (χ1) is 24.7. The molecule has 0 N–H and O–H groups in total. The average Bonchev–Trinajstić information content (AvgIpc) is 3.14. The SMILES string of the molecule is CCCCCCCCCCCCCCCCOc1ccc2c(c1OCCCCCCCCCCCCCCCC)C(=O)c1ccccc1C2=O. The second-order valence-electron chi connectivity index (χ2n) is 14.9. The van der Waals surface area contributed by atoms with Crippen molar-refractivity contribution in [2.75, 3.05) is 13.2 Å². The molecule has 0 aromatic heterocycles. The maximum absolute atomic E-state index is 13.7. The van der Waals surface area contributed by atoms with Crippen LogP contribution in [0.5, 0.6) is 11.5 Å². The molecule has 0 radical (unpaired) electrons. The van der Waals surface area contributed by atoms with Gasteiger partial charge in [-0.2, -0.15) is 0 Å². The van der Waals surface area contributed by atoms with E-state index in [2.05, 4.69) is 13.8 Å². The molecule has 0 spiro atoms. The first-order valence-corrected chi connectivity index (χ1v) is 21.3. The Morgan fingerprint density at radius 1 is 0.380 bits per heavy atom. The summed E-state index contributed by atoms with van der Waals surface area (Å²) >= 11 is 0. The molecule has 280 valence electrons. The molecule has 0 unspecified atom stereocenters. The average molecular weight is 689 g/mol. The van der Waals surface area contributed by atoms with Gasteiger partial charge in [-0.15, -0.1) is 0 Å². The number of unbranched alkanes of at least 4 members (excludes halogenated alkanes) is 26. The maximum Gasteiger partial charge on any atom is 0.198 e. The van der Waals surface area contributed by atoms with Crippen LogP contribution >= 0.6 is 0 Å². The third-order valence-corrected chi connectivity index (χ3v) is 10.5. The topological polar surface area (TPSA) is 52.6 Å². The Labute approximate surface area is 306 Å². The van der Waals surface area contributed by atoms with Crippen molar-refractivity contribution >= 4 is 11.6 Å². The summed E-state index contributed by atoms with van der Waals surface area (Å²) in [4.78, 5) is 27.1. The van der Waals surface area contributed by atoms with Gasteiger partial charge in [0.15, 0.2) is 23.1 Å². The highest BCUT2D eigenvalue weighted by Gasteiger charge is 2.34. The van der Waals surface area contributed by atoms with Gasteiger partial charge in [0, 0.05) is 16.7 Å². The summed E-state index contributed by atoms with van der Waals surface area (Å²) in [5.41, 5.74) is 1.72. The molecule has 0 amide bonds. The second kappa shape index (κ2) is 27.1. The summed E-state index contributed by atoms with van der Waals surface area (Å²) in [5, 5.41) is 0. The number of rotatable bonds is 32. The summed E-state index contributed by atoms with van der Waals surface area (Å²) < 4.78 is 12.6. The van der Waals surface area contributed by atoms with E-state index in [4.69, 9.17) is 9.47 Å². The minimum Gasteiger partial charge on any atom is -0.490 e. The van der Waals surface area contributed by atoms with Crippen LogP contribution in [0.25, 0.3) is 0 Å². The highest BCUT2D eigenvalue weighted by molar-refractivity contribution is 6.29. The minimum absolute atomic E-state index is 0.116. The van der Waals surface area contributed by atoms with Gasteiger partial charge in [-0.25, -0.2) is 0 Å². The van der Waals surface area contributed by atoms with Crippen molar-refractivity contribution in [2.24, 2.45) is 0 Å². The number of carbonyl (C=O) groups excluding carboxylic acids is 2. The van der Waals surface area contributed by atoms with Gasteiger partial charge < -0.3 is 9.47 Å². The Kier molecular flexibility index (Phi) is 22.6. The second-order valence-corrected chi connectivity index (χ2v) is 14.9. The molecule has 4 nitrogen and oxygen atoms in total. The predicted octanol–water partition coefficient (Wildman–Crippen LogP) is 14.2. The number of carbonyl (C=O) groups is 2. The molecule has 0 heterocycles. The quantitative estimate of drug-likeness (QED) is 0.0613. The molecular formula is C46H72O4. The van der Waals surface area contributed by atoms with Crippen molar-refractivity contribution in [1.29, 1.82) is 0 Å². The third-order valence-electron chi connectivity index (χ3n) is 10.5. The molecule has 0 aliphatic heterocycles. The fourth-order valence-corrected chi connectivity index (χ4v) is 7.34. The molecular weight excluding hydrogens is 617 g/mol. The van der Waals surface area contributed by atoms with Crippen molar-refractivity contribution in [2.45, 2.75) is 194 Å². The van der Waals surface area contributed by atoms with Crippen LogP contribution in [0.4, 0.5) is 0 Å². The molecule has 0 fully saturated rings. The zero-order valence-corrected chi connectivity index (χ0v) is 32.3. The van der Waals surface area contributed by atoms with Gasteiger partial charge in [-0.1, -0.05) is 205 Å². The van der Waals surface area contributed by atoms with E-state index in [0.29, 0.717) is 47.0 Å². The summed E-state index contributed by atoms with van der Waals surface area (Å²) in [7, 11) is 0. The van der Waals surface area contributed by atoms with Crippen LogP contribution < -0.4 is 9.47 Å². The molecule has 0 atom stereocenters. The third kappa shape index (κ3) is 15.7. The van der Waals surface area contributed by atoms with E-state index in [9.17, 15) is 9.59 Å². The fraction of sp³-hybridized carbons (Fsp3) is 0.696. The van der Waals surface area contributed by atoms with Crippen LogP contribution in [-0.4, -0.2) is 24.8 Å². The maximum atomic E-state index is 13.7. The van der Waals surface area contributed by atoms with E-state index in [0.717, 1.165) is 25.7 Å². The van der Waals surface area contributed by atoms with Crippen molar-refractivity contribution < 1.29 is 19.1 Å². The number of ether oxygens (including phenoxy) is 2. The van der Waals surface area contributed by atoms with Gasteiger partial charge in [0.05, 0.1) is 18.8 Å². The van der Waals surface area contributed by atoms with Crippen LogP contribution in [-0.2, 0) is 0 Å². The van der Waals surface area contributed by atoms with Gasteiger partial charge in [-0.3, -0.25) is 9.59 Å². The molecule has 2 aromatic carbocycles. The van der Waals surface area contributed by atoms with Crippen LogP contribution in [0.2, 0.25) is 0 Å². The Morgan fingerprint density at radius 2 is 0.740 bits per heavy atom. The lowest BCUT2D eigenvalue weighted by Gasteiger charge is -2.22. The molecule has 3 rings (SSSR count). The first-order valence-electron chi connectivity index (χ1n) is 21.3. The normalized spacial score (nSPS) is 12.3. The van der Waals surface area contributed by atoms with Crippen molar-refractivity contribution in [3.8, 4) is 11.5 Å². The monoisotopic (exact) mass is 689 g/mol. The Hall–Kier alpha value is -2.62. The number of hydrogen-bond acceptors (Lipinski definition) is 4. The lowest BCUT2D eigenvalue weighted by Crippen LogP contribution is -2.22. The molecule has 0 bridgehead atoms. The van der Waals surface area contributed by atoms with Gasteiger partial charge in [-0.05, 0) is 25.0 Å². The highest BCUT2D eigenvalue weighted by atomic mass is 16.5. The van der Waals surface area contributed by atoms with Crippen molar-refractivity contribution in [3.05, 3.63) is 58.7 Å². The number of benzene rings is 2. The minimum atomic E-state index is -0.145. The van der Waals surface area contributed by atoms with E-state index in [-0.39, 0.29) is 11.6 Å². The van der Waals surface area contributed by atoms with E-state index in [1.165, 1.54) is 154 Å². The molecule has 0 saturated carbocycles. The van der Waals surface area contributed by atoms with Crippen LogP contribution in [0, 0.1) is 0 Å². The summed E-state index contributed by atoms with van der Waals surface area (Å²) in [6, 6.07) is 10.7. The van der Waals surface area contributed by atoms with Gasteiger partial charge in [0.25, 0.3) is 0 Å². The van der Waals surface area contributed by atoms with Crippen LogP contribution in [0.3, 0.4) is 0 Å². The molecule has 50 heavy (non-hydrogen) atoms. The van der Waals surface area contributed by atoms with Crippen LogP contribution in [0.15, 0.2) is 36.4 Å². The molecule has 0 saturated heterocycles. The summed E-state index contributed by atoms with van der Waals surface area (Å²) in [6.07, 6.45) is 36.7. The van der Waals surface area contributed by atoms with Crippen molar-refractivity contribution in [3.63, 3.8) is 0 Å². The largest absolute Gasteiger partial charge is 0.490 e. The lowest BCUT2D eigenvalue weighted by atomic mass is 9.83. The smallest absolute Gasteiger partial charge is 0.198 e. The zero-order valence-electron chi connectivity index (χ0n) is 32.3. The molecule has 2 aromatic rings. The summed E-state index contributed by atoms with van der Waals surface area (Å²) in [6.45, 7) is 5.67. The number of ketones is 2. The zero-order chi connectivity index (χ0) is 35.5. The predicted molar refractivity (Wildman–Crippen MR) is 211 cm³/mol. The van der Waals surface area contributed by atoms with Gasteiger partial charge in [0.1, 0.15) is 0 Å². The highest BCUT2D eigenvalue weighted by Crippen LogP contribution is 2.40. The van der Waals surface area contributed by atoms with E-state index in [1.807, 2.05) is 18.2 Å². The molecule has 4 heteroatoms. The van der Waals surface area contributed by atoms with E-state index < -0.39 is 0 Å². The number of hydrogen-bond donors (Lipinski definition) is 0. The number of fused-ring (bicyclic) bond motifs is 2. The standard InChI is InChI=1S/C46H72O4/c1-3-5-7-9-11-13-15-17-19-21-23-25-27-31-37-49-42-36-35-41-43(45(48)40-34-30-29-33-39(40)44(41)47)46(42)50-38-32-28-26-24-22-20-18-16-14-12-10-8-6-4-2/h29-30,33-36H,3-28,31-32,37-38H2,1-2H3. The Morgan fingerprint density at radius 3 is 1.16 bits per heavy atom. The van der Waals surface area contributed by atoms with Crippen molar-refractivity contribution in [1.82, 2.24) is 0 Å². The molecule has 1 aliphatic carbocycles.